The summed E-state index contributed by atoms with van der Waals surface area (Å²) in [4.78, 5) is 16.4. The topological polar surface area (TPSA) is 56.2 Å². The summed E-state index contributed by atoms with van der Waals surface area (Å²) in [6.45, 7) is 5.61. The molecule has 24 heavy (non-hydrogen) atoms. The second kappa shape index (κ2) is 7.85. The molecular weight excluding hydrogens is 322 g/mol. The Morgan fingerprint density at radius 2 is 2.33 bits per heavy atom. The molecule has 0 aliphatic carbocycles. The number of rotatable bonds is 6. The van der Waals surface area contributed by atoms with Gasteiger partial charge in [0.15, 0.2) is 5.16 Å². The molecule has 1 aromatic carbocycles. The van der Waals surface area contributed by atoms with E-state index in [0.29, 0.717) is 12.3 Å². The monoisotopic (exact) mass is 345 g/mol. The molecule has 0 radical (unpaired) electrons. The van der Waals surface area contributed by atoms with Crippen LogP contribution in [0.25, 0.3) is 5.69 Å². The van der Waals surface area contributed by atoms with Gasteiger partial charge in [0.2, 0.25) is 5.91 Å². The molecule has 128 valence electrons. The molecule has 0 bridgehead atoms. The maximum atomic E-state index is 12.0. The molecule has 1 aromatic heterocycles. The fourth-order valence-corrected chi connectivity index (χ4v) is 3.59. The quantitative estimate of drug-likeness (QED) is 0.818. The first kappa shape index (κ1) is 17.0. The van der Waals surface area contributed by atoms with Gasteiger partial charge in [0.25, 0.3) is 0 Å². The van der Waals surface area contributed by atoms with Crippen molar-refractivity contribution in [3.05, 3.63) is 41.7 Å². The van der Waals surface area contributed by atoms with E-state index in [1.54, 1.807) is 6.20 Å². The van der Waals surface area contributed by atoms with Crippen molar-refractivity contribution in [2.45, 2.75) is 37.9 Å². The Bertz CT molecular complexity index is 708. The molecule has 5 nitrogen and oxygen atoms in total. The van der Waals surface area contributed by atoms with Crippen LogP contribution in [0.15, 0.2) is 35.7 Å². The minimum atomic E-state index is 0.0195. The van der Waals surface area contributed by atoms with Crippen LogP contribution in [-0.4, -0.2) is 40.5 Å². The van der Waals surface area contributed by atoms with Gasteiger partial charge in [0.05, 0.1) is 17.5 Å². The van der Waals surface area contributed by atoms with E-state index in [1.807, 2.05) is 16.8 Å². The van der Waals surface area contributed by atoms with Crippen molar-refractivity contribution in [3.63, 3.8) is 0 Å². The molecule has 2 aromatic rings. The van der Waals surface area contributed by atoms with Crippen molar-refractivity contribution in [1.29, 1.82) is 0 Å². The van der Waals surface area contributed by atoms with Crippen LogP contribution in [0, 0.1) is 13.8 Å². The number of hydrogen-bond donors (Lipinski definition) is 1. The van der Waals surface area contributed by atoms with E-state index in [9.17, 15) is 4.79 Å². The molecule has 6 heteroatoms. The summed E-state index contributed by atoms with van der Waals surface area (Å²) < 4.78 is 7.56. The predicted molar refractivity (Wildman–Crippen MR) is 95.7 cm³/mol. The van der Waals surface area contributed by atoms with Gasteiger partial charge in [-0.05, 0) is 43.9 Å². The molecule has 1 N–H and O–H groups in total. The lowest BCUT2D eigenvalue weighted by atomic mass is 10.1. The van der Waals surface area contributed by atoms with Crippen LogP contribution < -0.4 is 5.32 Å². The van der Waals surface area contributed by atoms with Crippen LogP contribution in [0.3, 0.4) is 0 Å². The molecule has 0 spiro atoms. The largest absolute Gasteiger partial charge is 0.376 e. The van der Waals surface area contributed by atoms with Crippen LogP contribution >= 0.6 is 11.8 Å². The van der Waals surface area contributed by atoms with Crippen LogP contribution in [-0.2, 0) is 9.53 Å². The number of carbonyl (C=O) groups excluding carboxylic acids is 1. The normalized spacial score (nSPS) is 17.2. The van der Waals surface area contributed by atoms with Crippen LogP contribution in [0.5, 0.6) is 0 Å². The maximum Gasteiger partial charge on any atom is 0.230 e. The Balaban J connectivity index is 1.59. The first-order valence-electron chi connectivity index (χ1n) is 8.26. The van der Waals surface area contributed by atoms with Gasteiger partial charge in [-0.2, -0.15) is 0 Å². The number of nitrogens with one attached hydrogen (secondary N) is 1. The molecule has 1 amide bonds. The van der Waals surface area contributed by atoms with Gasteiger partial charge in [-0.3, -0.25) is 9.36 Å². The molecule has 1 fully saturated rings. The van der Waals surface area contributed by atoms with E-state index >= 15 is 0 Å². The standard InChI is InChI=1S/C18H23N3O2S/c1-13-5-3-7-16(14(13)2)21-9-8-19-18(21)24-12-17(22)20-11-15-6-4-10-23-15/h3,5,7-9,15H,4,6,10-12H2,1-2H3,(H,20,22)/t15-/m1/s1. The lowest BCUT2D eigenvalue weighted by Gasteiger charge is -2.13. The molecule has 0 saturated carbocycles. The number of imidazole rings is 1. The average molecular weight is 345 g/mol. The highest BCUT2D eigenvalue weighted by Crippen LogP contribution is 2.24. The fourth-order valence-electron chi connectivity index (χ4n) is 2.79. The van der Waals surface area contributed by atoms with E-state index in [4.69, 9.17) is 4.74 Å². The SMILES string of the molecule is Cc1cccc(-n2ccnc2SCC(=O)NC[C@H]2CCCO2)c1C. The second-order valence-corrected chi connectivity index (χ2v) is 6.97. The summed E-state index contributed by atoms with van der Waals surface area (Å²) in [6, 6.07) is 6.22. The van der Waals surface area contributed by atoms with Crippen molar-refractivity contribution < 1.29 is 9.53 Å². The third kappa shape index (κ3) is 3.99. The lowest BCUT2D eigenvalue weighted by molar-refractivity contribution is -0.119. The number of nitrogens with zero attached hydrogens (tertiary/aromatic N) is 2. The molecule has 3 rings (SSSR count). The number of aromatic nitrogens is 2. The summed E-state index contributed by atoms with van der Waals surface area (Å²) >= 11 is 1.45. The Hall–Kier alpha value is -1.79. The summed E-state index contributed by atoms with van der Waals surface area (Å²) in [5.74, 6) is 0.375. The predicted octanol–water partition coefficient (Wildman–Crippen LogP) is 2.88. The zero-order chi connectivity index (χ0) is 16.9. The molecular formula is C18H23N3O2S. The Morgan fingerprint density at radius 1 is 1.46 bits per heavy atom. The summed E-state index contributed by atoms with van der Waals surface area (Å²) in [7, 11) is 0. The summed E-state index contributed by atoms with van der Waals surface area (Å²) in [5.41, 5.74) is 3.57. The van der Waals surface area contributed by atoms with Crippen molar-refractivity contribution in [3.8, 4) is 5.69 Å². The summed E-state index contributed by atoms with van der Waals surface area (Å²) in [5, 5.41) is 3.77. The van der Waals surface area contributed by atoms with E-state index in [2.05, 4.69) is 36.3 Å². The highest BCUT2D eigenvalue weighted by atomic mass is 32.2. The third-order valence-electron chi connectivity index (χ3n) is 4.33. The van der Waals surface area contributed by atoms with Gasteiger partial charge in [0, 0.05) is 25.5 Å². The number of hydrogen-bond acceptors (Lipinski definition) is 4. The second-order valence-electron chi connectivity index (χ2n) is 6.03. The zero-order valence-corrected chi connectivity index (χ0v) is 14.9. The minimum Gasteiger partial charge on any atom is -0.376 e. The number of amides is 1. The molecule has 1 aliphatic heterocycles. The van der Waals surface area contributed by atoms with Gasteiger partial charge >= 0.3 is 0 Å². The molecule has 1 atom stereocenters. The smallest absolute Gasteiger partial charge is 0.230 e. The number of carbonyl (C=O) groups is 1. The van der Waals surface area contributed by atoms with E-state index < -0.39 is 0 Å². The molecule has 1 aliphatic rings. The molecule has 1 saturated heterocycles. The van der Waals surface area contributed by atoms with E-state index in [-0.39, 0.29) is 12.0 Å². The first-order valence-corrected chi connectivity index (χ1v) is 9.25. The molecule has 0 unspecified atom stereocenters. The van der Waals surface area contributed by atoms with Gasteiger partial charge in [-0.1, -0.05) is 23.9 Å². The Kier molecular flexibility index (Phi) is 5.58. The number of benzene rings is 1. The lowest BCUT2D eigenvalue weighted by Crippen LogP contribution is -2.32. The van der Waals surface area contributed by atoms with Gasteiger partial charge in [0.1, 0.15) is 0 Å². The minimum absolute atomic E-state index is 0.0195. The molecule has 2 heterocycles. The van der Waals surface area contributed by atoms with Crippen molar-refractivity contribution >= 4 is 17.7 Å². The van der Waals surface area contributed by atoms with Gasteiger partial charge in [-0.25, -0.2) is 4.98 Å². The van der Waals surface area contributed by atoms with Crippen LogP contribution in [0.2, 0.25) is 0 Å². The maximum absolute atomic E-state index is 12.0. The first-order chi connectivity index (χ1) is 11.6. The third-order valence-corrected chi connectivity index (χ3v) is 5.29. The number of ether oxygens (including phenoxy) is 1. The highest BCUT2D eigenvalue weighted by molar-refractivity contribution is 7.99. The van der Waals surface area contributed by atoms with Crippen LogP contribution in [0.4, 0.5) is 0 Å². The Labute approximate surface area is 146 Å². The van der Waals surface area contributed by atoms with E-state index in [1.165, 1.54) is 22.9 Å². The van der Waals surface area contributed by atoms with Crippen LogP contribution in [0.1, 0.15) is 24.0 Å². The van der Waals surface area contributed by atoms with Gasteiger partial charge in [-0.15, -0.1) is 0 Å². The van der Waals surface area contributed by atoms with Crippen molar-refractivity contribution in [1.82, 2.24) is 14.9 Å². The Morgan fingerprint density at radius 3 is 3.12 bits per heavy atom. The number of thioether (sulfide) groups is 1. The summed E-state index contributed by atoms with van der Waals surface area (Å²) in [6.07, 6.45) is 6.01. The highest BCUT2D eigenvalue weighted by Gasteiger charge is 2.17. The van der Waals surface area contributed by atoms with E-state index in [0.717, 1.165) is 30.3 Å². The van der Waals surface area contributed by atoms with Gasteiger partial charge < -0.3 is 10.1 Å². The van der Waals surface area contributed by atoms with Crippen molar-refractivity contribution in [2.24, 2.45) is 0 Å². The average Bonchev–Trinajstić information content (AvgIpc) is 3.25. The van der Waals surface area contributed by atoms with Crippen molar-refractivity contribution in [2.75, 3.05) is 18.9 Å². The fraction of sp³-hybridized carbons (Fsp3) is 0.444. The number of aryl methyl sites for hydroxylation is 1. The zero-order valence-electron chi connectivity index (χ0n) is 14.1.